The summed E-state index contributed by atoms with van der Waals surface area (Å²) in [5, 5.41) is 13.4. The highest BCUT2D eigenvalue weighted by atomic mass is 127. The van der Waals surface area contributed by atoms with Crippen LogP contribution in [0.3, 0.4) is 0 Å². The van der Waals surface area contributed by atoms with Crippen LogP contribution in [0.1, 0.15) is 17.2 Å². The second kappa shape index (κ2) is 10.1. The van der Waals surface area contributed by atoms with Crippen molar-refractivity contribution in [2.45, 2.75) is 13.0 Å². The monoisotopic (exact) mass is 457 g/mol. The Balaban J connectivity index is 0.00000312. The van der Waals surface area contributed by atoms with Crippen LogP contribution in [0, 0.1) is 6.92 Å². The molecule has 0 spiro atoms. The summed E-state index contributed by atoms with van der Waals surface area (Å²) >= 11 is 0. The van der Waals surface area contributed by atoms with Gasteiger partial charge in [0.15, 0.2) is 5.96 Å². The molecule has 0 aliphatic carbocycles. The van der Waals surface area contributed by atoms with E-state index in [0.717, 1.165) is 11.3 Å². The average Bonchev–Trinajstić information content (AvgIpc) is 2.61. The van der Waals surface area contributed by atoms with E-state index in [1.165, 1.54) is 0 Å². The number of rotatable bonds is 6. The minimum Gasteiger partial charge on any atom is -0.497 e. The zero-order valence-corrected chi connectivity index (χ0v) is 16.9. The molecule has 0 saturated carbocycles. The molecule has 7 heteroatoms. The third-order valence-electron chi connectivity index (χ3n) is 3.55. The number of ether oxygens (including phenoxy) is 2. The van der Waals surface area contributed by atoms with Gasteiger partial charge in [0.1, 0.15) is 17.6 Å². The Morgan fingerprint density at radius 2 is 1.84 bits per heavy atom. The van der Waals surface area contributed by atoms with Crippen LogP contribution in [0.5, 0.6) is 11.5 Å². The van der Waals surface area contributed by atoms with Crippen molar-refractivity contribution in [2.24, 2.45) is 10.7 Å². The summed E-state index contributed by atoms with van der Waals surface area (Å²) in [4.78, 5) is 4.19. The molecule has 6 nitrogen and oxygen atoms in total. The van der Waals surface area contributed by atoms with E-state index in [1.807, 2.05) is 31.2 Å². The number of nitrogens with one attached hydrogen (secondary N) is 1. The number of methoxy groups -OCH3 is 2. The van der Waals surface area contributed by atoms with E-state index in [4.69, 9.17) is 15.2 Å². The van der Waals surface area contributed by atoms with Gasteiger partial charge in [0.05, 0.1) is 20.8 Å². The van der Waals surface area contributed by atoms with E-state index >= 15 is 0 Å². The average molecular weight is 457 g/mol. The number of hydrogen-bond acceptors (Lipinski definition) is 4. The highest BCUT2D eigenvalue weighted by Crippen LogP contribution is 2.29. The summed E-state index contributed by atoms with van der Waals surface area (Å²) in [7, 11) is 3.12. The van der Waals surface area contributed by atoms with Crippen molar-refractivity contribution in [1.82, 2.24) is 0 Å². The summed E-state index contributed by atoms with van der Waals surface area (Å²) in [5.41, 5.74) is 8.48. The molecule has 0 amide bonds. The van der Waals surface area contributed by atoms with E-state index in [1.54, 1.807) is 32.4 Å². The van der Waals surface area contributed by atoms with Gasteiger partial charge in [-0.2, -0.15) is 0 Å². The molecule has 0 saturated heterocycles. The Labute approximate surface area is 165 Å². The first kappa shape index (κ1) is 21.0. The van der Waals surface area contributed by atoms with Gasteiger partial charge in [0.2, 0.25) is 0 Å². The Hall–Kier alpha value is -2.00. The predicted molar refractivity (Wildman–Crippen MR) is 111 cm³/mol. The third kappa shape index (κ3) is 6.09. The molecule has 136 valence electrons. The topological polar surface area (TPSA) is 89.1 Å². The van der Waals surface area contributed by atoms with Crippen LogP contribution < -0.4 is 20.5 Å². The number of hydrogen-bond donors (Lipinski definition) is 3. The Morgan fingerprint density at radius 1 is 1.16 bits per heavy atom. The van der Waals surface area contributed by atoms with E-state index < -0.39 is 6.10 Å². The molecule has 0 aliphatic rings. The molecule has 0 bridgehead atoms. The number of benzene rings is 2. The molecule has 4 N–H and O–H groups in total. The Kier molecular flexibility index (Phi) is 8.50. The zero-order chi connectivity index (χ0) is 17.5. The highest BCUT2D eigenvalue weighted by Gasteiger charge is 2.14. The van der Waals surface area contributed by atoms with Crippen molar-refractivity contribution >= 4 is 35.6 Å². The lowest BCUT2D eigenvalue weighted by molar-refractivity contribution is 0.182. The van der Waals surface area contributed by atoms with Crippen LogP contribution in [-0.4, -0.2) is 31.8 Å². The molecule has 0 aliphatic heterocycles. The van der Waals surface area contributed by atoms with Crippen molar-refractivity contribution in [1.29, 1.82) is 0 Å². The maximum absolute atomic E-state index is 10.4. The number of anilines is 1. The molecule has 2 rings (SSSR count). The second-order valence-electron chi connectivity index (χ2n) is 5.34. The number of aliphatic hydroxyl groups is 1. The lowest BCUT2D eigenvalue weighted by atomic mass is 10.1. The fraction of sp³-hybridized carbons (Fsp3) is 0.278. The van der Waals surface area contributed by atoms with Crippen LogP contribution >= 0.6 is 24.0 Å². The minimum atomic E-state index is -0.853. The third-order valence-corrected chi connectivity index (χ3v) is 3.55. The summed E-state index contributed by atoms with van der Waals surface area (Å²) in [6, 6.07) is 13.0. The number of nitrogens with zero attached hydrogens (tertiary/aromatic N) is 1. The first-order valence-electron chi connectivity index (χ1n) is 7.57. The number of guanidine groups is 1. The first-order valence-corrected chi connectivity index (χ1v) is 7.57. The quantitative estimate of drug-likeness (QED) is 0.353. The smallest absolute Gasteiger partial charge is 0.193 e. The molecule has 2 aromatic rings. The molecule has 2 aromatic carbocycles. The maximum atomic E-state index is 10.4. The van der Waals surface area contributed by atoms with Crippen molar-refractivity contribution in [2.75, 3.05) is 26.1 Å². The van der Waals surface area contributed by atoms with Crippen molar-refractivity contribution in [3.05, 3.63) is 53.6 Å². The van der Waals surface area contributed by atoms with E-state index in [0.29, 0.717) is 17.1 Å². The Morgan fingerprint density at radius 3 is 2.44 bits per heavy atom. The van der Waals surface area contributed by atoms with Gasteiger partial charge in [-0.05, 0) is 37.3 Å². The van der Waals surface area contributed by atoms with E-state index in [2.05, 4.69) is 10.3 Å². The lowest BCUT2D eigenvalue weighted by Crippen LogP contribution is -2.23. The zero-order valence-electron chi connectivity index (χ0n) is 14.5. The molecule has 25 heavy (non-hydrogen) atoms. The fourth-order valence-electron chi connectivity index (χ4n) is 2.21. The normalized spacial score (nSPS) is 12.1. The van der Waals surface area contributed by atoms with E-state index in [9.17, 15) is 5.11 Å². The van der Waals surface area contributed by atoms with Crippen LogP contribution in [0.2, 0.25) is 0 Å². The standard InChI is InChI=1S/C18H23N3O3.HI/c1-12-4-6-13(7-5-12)21-18(19)20-11-16(22)15-10-14(23-2)8-9-17(15)24-3;/h4-10,16,22H,11H2,1-3H3,(H3,19,20,21);1H. The maximum Gasteiger partial charge on any atom is 0.193 e. The molecule has 0 heterocycles. The number of nitrogens with two attached hydrogens (primary N) is 1. The number of aliphatic hydroxyl groups excluding tert-OH is 1. The summed E-state index contributed by atoms with van der Waals surface area (Å²) in [5.74, 6) is 1.45. The van der Waals surface area contributed by atoms with Gasteiger partial charge in [-0.15, -0.1) is 24.0 Å². The summed E-state index contributed by atoms with van der Waals surface area (Å²) in [6.07, 6.45) is -0.853. The molecule has 0 aromatic heterocycles. The molecule has 1 atom stereocenters. The van der Waals surface area contributed by atoms with Gasteiger partial charge >= 0.3 is 0 Å². The summed E-state index contributed by atoms with van der Waals surface area (Å²) in [6.45, 7) is 2.12. The molecule has 1 unspecified atom stereocenters. The SMILES string of the molecule is COc1ccc(OC)c(C(O)CN=C(N)Nc2ccc(C)cc2)c1.I. The molecular weight excluding hydrogens is 433 g/mol. The fourth-order valence-corrected chi connectivity index (χ4v) is 2.21. The van der Waals surface area contributed by atoms with Gasteiger partial charge in [-0.1, -0.05) is 17.7 Å². The molecule has 0 radical (unpaired) electrons. The number of aryl methyl sites for hydroxylation is 1. The lowest BCUT2D eigenvalue weighted by Gasteiger charge is -2.15. The minimum absolute atomic E-state index is 0. The van der Waals surface area contributed by atoms with E-state index in [-0.39, 0.29) is 36.5 Å². The first-order chi connectivity index (χ1) is 11.5. The largest absolute Gasteiger partial charge is 0.497 e. The van der Waals surface area contributed by atoms with Gasteiger partial charge < -0.3 is 25.6 Å². The van der Waals surface area contributed by atoms with Gasteiger partial charge in [0, 0.05) is 11.3 Å². The van der Waals surface area contributed by atoms with Crippen LogP contribution in [0.4, 0.5) is 5.69 Å². The number of aliphatic imine (C=N–C) groups is 1. The van der Waals surface area contributed by atoms with Crippen molar-refractivity contribution < 1.29 is 14.6 Å². The van der Waals surface area contributed by atoms with Gasteiger partial charge in [-0.3, -0.25) is 4.99 Å². The number of halogens is 1. The van der Waals surface area contributed by atoms with Crippen molar-refractivity contribution in [3.63, 3.8) is 0 Å². The van der Waals surface area contributed by atoms with Gasteiger partial charge in [-0.25, -0.2) is 0 Å². The van der Waals surface area contributed by atoms with Crippen molar-refractivity contribution in [3.8, 4) is 11.5 Å². The Bertz CT molecular complexity index is 705. The second-order valence-corrected chi connectivity index (χ2v) is 5.34. The van der Waals surface area contributed by atoms with Crippen LogP contribution in [0.25, 0.3) is 0 Å². The summed E-state index contributed by atoms with van der Waals surface area (Å²) < 4.78 is 10.4. The molecule has 0 fully saturated rings. The van der Waals surface area contributed by atoms with Crippen LogP contribution in [0.15, 0.2) is 47.5 Å². The highest BCUT2D eigenvalue weighted by molar-refractivity contribution is 14.0. The van der Waals surface area contributed by atoms with Gasteiger partial charge in [0.25, 0.3) is 0 Å². The molecular formula is C18H24IN3O3. The van der Waals surface area contributed by atoms with Crippen LogP contribution in [-0.2, 0) is 0 Å². The predicted octanol–water partition coefficient (Wildman–Crippen LogP) is 3.09.